The smallest absolute Gasteiger partial charge is 0.358 e. The number of thioether (sulfide) groups is 1. The van der Waals surface area contributed by atoms with Crippen molar-refractivity contribution in [2.45, 2.75) is 5.16 Å². The topological polar surface area (TPSA) is 52.1 Å². The highest BCUT2D eigenvalue weighted by molar-refractivity contribution is 7.98. The van der Waals surface area contributed by atoms with Crippen LogP contribution in [0.5, 0.6) is 0 Å². The molecule has 1 heterocycles. The Morgan fingerprint density at radius 1 is 1.29 bits per heavy atom. The third-order valence-corrected chi connectivity index (χ3v) is 3.43. The third-order valence-electron chi connectivity index (χ3n) is 2.53. The van der Waals surface area contributed by atoms with Crippen molar-refractivity contribution in [2.75, 3.05) is 13.4 Å². The zero-order valence-corrected chi connectivity index (χ0v) is 13.0. The van der Waals surface area contributed by atoms with Crippen LogP contribution in [0.25, 0.3) is 0 Å². The lowest BCUT2D eigenvalue weighted by Gasteiger charge is -2.03. The Morgan fingerprint density at radius 3 is 2.67 bits per heavy atom. The van der Waals surface area contributed by atoms with Crippen molar-refractivity contribution < 1.29 is 9.53 Å². The fourth-order valence-corrected chi connectivity index (χ4v) is 2.03. The largest absolute Gasteiger partial charge is 0.464 e. The van der Waals surface area contributed by atoms with E-state index in [1.165, 1.54) is 25.1 Å². The van der Waals surface area contributed by atoms with E-state index in [1.54, 1.807) is 12.1 Å². The van der Waals surface area contributed by atoms with Gasteiger partial charge < -0.3 is 4.74 Å². The zero-order chi connectivity index (χ0) is 15.2. The van der Waals surface area contributed by atoms with Gasteiger partial charge in [-0.25, -0.2) is 14.8 Å². The number of benzene rings is 1. The van der Waals surface area contributed by atoms with Crippen LogP contribution < -0.4 is 0 Å². The summed E-state index contributed by atoms with van der Waals surface area (Å²) in [6, 6.07) is 7.21. The molecule has 0 fully saturated rings. The summed E-state index contributed by atoms with van der Waals surface area (Å²) in [7, 11) is 1.30. The Morgan fingerprint density at radius 2 is 2.00 bits per heavy atom. The molecule has 1 aromatic carbocycles. The average Bonchev–Trinajstić information content (AvgIpc) is 2.53. The van der Waals surface area contributed by atoms with Gasteiger partial charge in [0, 0.05) is 11.8 Å². The molecule has 4 nitrogen and oxygen atoms in total. The molecule has 0 unspecified atom stereocenters. The first-order valence-electron chi connectivity index (χ1n) is 5.91. The Kier molecular flexibility index (Phi) is 5.20. The number of hydrogen-bond acceptors (Lipinski definition) is 5. The van der Waals surface area contributed by atoms with E-state index in [4.69, 9.17) is 16.3 Å². The standard InChI is InChI=1S/C15H11ClN2O2S/c1-20-14(19)13-11(9-17-15(18-13)21-2)8-7-10-5-3-4-6-12(10)16/h3-6,9H,1-2H3. The number of carbonyl (C=O) groups excluding carboxylic acids is 1. The van der Waals surface area contributed by atoms with E-state index in [2.05, 4.69) is 21.8 Å². The molecule has 0 aliphatic rings. The molecule has 0 amide bonds. The van der Waals surface area contributed by atoms with Gasteiger partial charge in [-0.15, -0.1) is 0 Å². The van der Waals surface area contributed by atoms with Gasteiger partial charge >= 0.3 is 5.97 Å². The Labute approximate surface area is 131 Å². The van der Waals surface area contributed by atoms with Crippen LogP contribution in [0.1, 0.15) is 21.6 Å². The number of carbonyl (C=O) groups is 1. The zero-order valence-electron chi connectivity index (χ0n) is 11.4. The average molecular weight is 319 g/mol. The number of rotatable bonds is 2. The van der Waals surface area contributed by atoms with Crippen LogP contribution in [0.15, 0.2) is 35.6 Å². The lowest BCUT2D eigenvalue weighted by Crippen LogP contribution is -2.08. The summed E-state index contributed by atoms with van der Waals surface area (Å²) in [5.41, 5.74) is 1.22. The van der Waals surface area contributed by atoms with Crippen LogP contribution in [0, 0.1) is 11.8 Å². The number of aromatic nitrogens is 2. The highest BCUT2D eigenvalue weighted by atomic mass is 35.5. The fourth-order valence-electron chi connectivity index (χ4n) is 1.50. The normalized spacial score (nSPS) is 9.67. The molecule has 6 heteroatoms. The summed E-state index contributed by atoms with van der Waals surface area (Å²) < 4.78 is 4.72. The molecule has 0 aliphatic heterocycles. The van der Waals surface area contributed by atoms with Gasteiger partial charge in [-0.3, -0.25) is 0 Å². The van der Waals surface area contributed by atoms with E-state index in [0.29, 0.717) is 21.3 Å². The van der Waals surface area contributed by atoms with Gasteiger partial charge in [0.1, 0.15) is 0 Å². The molecule has 2 rings (SSSR count). The van der Waals surface area contributed by atoms with E-state index in [-0.39, 0.29) is 5.69 Å². The number of methoxy groups -OCH3 is 1. The SMILES string of the molecule is COC(=O)c1nc(SC)ncc1C#Cc1ccccc1Cl. The molecule has 0 radical (unpaired) electrons. The highest BCUT2D eigenvalue weighted by Gasteiger charge is 2.14. The number of hydrogen-bond donors (Lipinski definition) is 0. The molecule has 1 aromatic heterocycles. The van der Waals surface area contributed by atoms with Crippen LogP contribution in [0.4, 0.5) is 0 Å². The van der Waals surface area contributed by atoms with E-state index in [9.17, 15) is 4.79 Å². The van der Waals surface area contributed by atoms with Gasteiger partial charge in [0.2, 0.25) is 0 Å². The molecule has 0 atom stereocenters. The lowest BCUT2D eigenvalue weighted by atomic mass is 10.2. The summed E-state index contributed by atoms with van der Waals surface area (Å²) >= 11 is 7.38. The second-order valence-corrected chi connectivity index (χ2v) is 5.02. The first kappa shape index (κ1) is 15.4. The van der Waals surface area contributed by atoms with Crippen LogP contribution in [-0.4, -0.2) is 29.3 Å². The summed E-state index contributed by atoms with van der Waals surface area (Å²) in [6.45, 7) is 0. The monoisotopic (exact) mass is 318 g/mol. The molecule has 0 bridgehead atoms. The number of halogens is 1. The number of ether oxygens (including phenoxy) is 1. The quantitative estimate of drug-likeness (QED) is 0.369. The van der Waals surface area contributed by atoms with Crippen LogP contribution in [-0.2, 0) is 4.74 Å². The van der Waals surface area contributed by atoms with Gasteiger partial charge in [0.15, 0.2) is 10.9 Å². The van der Waals surface area contributed by atoms with Crippen molar-refractivity contribution in [1.82, 2.24) is 9.97 Å². The predicted molar refractivity (Wildman–Crippen MR) is 82.6 cm³/mol. The van der Waals surface area contributed by atoms with Crippen molar-refractivity contribution in [1.29, 1.82) is 0 Å². The summed E-state index contributed by atoms with van der Waals surface area (Å²) in [4.78, 5) is 20.0. The summed E-state index contributed by atoms with van der Waals surface area (Å²) in [5, 5.41) is 1.03. The Bertz CT molecular complexity index is 738. The first-order valence-corrected chi connectivity index (χ1v) is 7.52. The summed E-state index contributed by atoms with van der Waals surface area (Å²) in [5.74, 6) is 5.23. The predicted octanol–water partition coefficient (Wildman–Crippen LogP) is 3.04. The van der Waals surface area contributed by atoms with Gasteiger partial charge in [0.05, 0.1) is 17.7 Å². The molecule has 0 aliphatic carbocycles. The fraction of sp³-hybridized carbons (Fsp3) is 0.133. The van der Waals surface area contributed by atoms with Crippen molar-refractivity contribution in [3.63, 3.8) is 0 Å². The van der Waals surface area contributed by atoms with Gasteiger partial charge in [-0.05, 0) is 18.4 Å². The number of esters is 1. The Hall–Kier alpha value is -2.03. The first-order chi connectivity index (χ1) is 10.2. The molecule has 0 spiro atoms. The molecule has 0 N–H and O–H groups in total. The van der Waals surface area contributed by atoms with E-state index in [1.807, 2.05) is 18.4 Å². The maximum atomic E-state index is 11.8. The minimum Gasteiger partial charge on any atom is -0.464 e. The second kappa shape index (κ2) is 7.11. The van der Waals surface area contributed by atoms with E-state index >= 15 is 0 Å². The van der Waals surface area contributed by atoms with Crippen LogP contribution >= 0.6 is 23.4 Å². The molecular formula is C15H11ClN2O2S. The molecule has 21 heavy (non-hydrogen) atoms. The third kappa shape index (κ3) is 3.75. The van der Waals surface area contributed by atoms with Gasteiger partial charge in [0.25, 0.3) is 0 Å². The van der Waals surface area contributed by atoms with Crippen LogP contribution in [0.3, 0.4) is 0 Å². The van der Waals surface area contributed by atoms with Gasteiger partial charge in [-0.2, -0.15) is 0 Å². The lowest BCUT2D eigenvalue weighted by molar-refractivity contribution is 0.0592. The Balaban J connectivity index is 2.45. The molecule has 0 saturated carbocycles. The van der Waals surface area contributed by atoms with Crippen molar-refractivity contribution in [3.05, 3.63) is 52.3 Å². The molecule has 0 saturated heterocycles. The van der Waals surface area contributed by atoms with Gasteiger partial charge in [-0.1, -0.05) is 47.3 Å². The maximum Gasteiger partial charge on any atom is 0.358 e. The van der Waals surface area contributed by atoms with E-state index in [0.717, 1.165) is 0 Å². The van der Waals surface area contributed by atoms with Crippen molar-refractivity contribution in [3.8, 4) is 11.8 Å². The second-order valence-electron chi connectivity index (χ2n) is 3.84. The molecule has 2 aromatic rings. The van der Waals surface area contributed by atoms with Crippen LogP contribution in [0.2, 0.25) is 5.02 Å². The van der Waals surface area contributed by atoms with Crippen molar-refractivity contribution >= 4 is 29.3 Å². The van der Waals surface area contributed by atoms with E-state index < -0.39 is 5.97 Å². The summed E-state index contributed by atoms with van der Waals surface area (Å²) in [6.07, 6.45) is 3.33. The maximum absolute atomic E-state index is 11.8. The van der Waals surface area contributed by atoms with Crippen molar-refractivity contribution in [2.24, 2.45) is 0 Å². The molecular weight excluding hydrogens is 308 g/mol. The number of nitrogens with zero attached hydrogens (tertiary/aromatic N) is 2. The highest BCUT2D eigenvalue weighted by Crippen LogP contribution is 2.15. The molecule has 106 valence electrons. The minimum absolute atomic E-state index is 0.149. The minimum atomic E-state index is -0.545.